The highest BCUT2D eigenvalue weighted by Crippen LogP contribution is 2.12. The zero-order valence-electron chi connectivity index (χ0n) is 10.5. The van der Waals surface area contributed by atoms with Gasteiger partial charge in [0.15, 0.2) is 0 Å². The van der Waals surface area contributed by atoms with Gasteiger partial charge in [0.2, 0.25) is 0 Å². The van der Waals surface area contributed by atoms with Crippen molar-refractivity contribution in [3.05, 3.63) is 54.1 Å². The predicted octanol–water partition coefficient (Wildman–Crippen LogP) is 2.20. The molecule has 0 saturated carbocycles. The Labute approximate surface area is 114 Å². The van der Waals surface area contributed by atoms with Crippen LogP contribution in [0.25, 0.3) is 11.0 Å². The van der Waals surface area contributed by atoms with Gasteiger partial charge in [-0.3, -0.25) is 0 Å². The number of benzene rings is 2. The molecule has 2 aromatic carbocycles. The number of anilines is 1. The van der Waals surface area contributed by atoms with E-state index in [-0.39, 0.29) is 5.56 Å². The molecular weight excluding hydrogens is 256 g/mol. The number of fused-ring (bicyclic) bond motifs is 1. The zero-order valence-corrected chi connectivity index (χ0v) is 10.5. The van der Waals surface area contributed by atoms with Crippen LogP contribution in [0.3, 0.4) is 0 Å². The number of carbonyl (C=O) groups is 1. The molecular formula is C14H12N4O2. The van der Waals surface area contributed by atoms with Crippen molar-refractivity contribution >= 4 is 22.7 Å². The Bertz CT molecular complexity index is 749. The summed E-state index contributed by atoms with van der Waals surface area (Å²) in [5, 5.41) is 20.1. The number of rotatable bonds is 4. The first-order chi connectivity index (χ1) is 9.74. The second-order valence-electron chi connectivity index (χ2n) is 4.30. The third kappa shape index (κ3) is 2.31. The molecule has 0 bridgehead atoms. The van der Waals surface area contributed by atoms with Crippen LogP contribution in [0.15, 0.2) is 48.5 Å². The molecule has 0 atom stereocenters. The smallest absolute Gasteiger partial charge is 0.335 e. The van der Waals surface area contributed by atoms with Gasteiger partial charge in [-0.25, -0.2) is 9.48 Å². The molecule has 6 nitrogen and oxygen atoms in total. The molecule has 0 saturated heterocycles. The highest BCUT2D eigenvalue weighted by Gasteiger charge is 2.04. The van der Waals surface area contributed by atoms with Gasteiger partial charge in [-0.2, -0.15) is 0 Å². The van der Waals surface area contributed by atoms with E-state index in [2.05, 4.69) is 15.6 Å². The lowest BCUT2D eigenvalue weighted by molar-refractivity contribution is 0.0697. The van der Waals surface area contributed by atoms with Crippen molar-refractivity contribution in [2.75, 3.05) is 5.32 Å². The first kappa shape index (κ1) is 12.2. The number of hydrogen-bond donors (Lipinski definition) is 2. The Kier molecular flexibility index (Phi) is 3.04. The minimum absolute atomic E-state index is 0.266. The van der Waals surface area contributed by atoms with Crippen molar-refractivity contribution in [2.45, 2.75) is 6.67 Å². The largest absolute Gasteiger partial charge is 0.478 e. The molecule has 6 heteroatoms. The van der Waals surface area contributed by atoms with Crippen LogP contribution >= 0.6 is 0 Å². The van der Waals surface area contributed by atoms with Gasteiger partial charge in [0, 0.05) is 5.69 Å². The standard InChI is InChI=1S/C14H12N4O2/c19-14(20)10-5-7-11(8-6-10)15-9-18-13-4-2-1-3-12(13)16-17-18/h1-8,15H,9H2,(H,19,20). The quantitative estimate of drug-likeness (QED) is 0.758. The third-order valence-corrected chi connectivity index (χ3v) is 2.99. The molecule has 3 aromatic rings. The second-order valence-corrected chi connectivity index (χ2v) is 4.30. The number of carboxylic acid groups (broad SMARTS) is 1. The van der Waals surface area contributed by atoms with Crippen LogP contribution in [0.5, 0.6) is 0 Å². The maximum absolute atomic E-state index is 10.8. The Morgan fingerprint density at radius 3 is 2.65 bits per heavy atom. The highest BCUT2D eigenvalue weighted by molar-refractivity contribution is 5.88. The molecule has 0 spiro atoms. The minimum atomic E-state index is -0.932. The molecule has 20 heavy (non-hydrogen) atoms. The van der Waals surface area contributed by atoms with Crippen LogP contribution in [0.2, 0.25) is 0 Å². The number of para-hydroxylation sites is 1. The van der Waals surface area contributed by atoms with Crippen molar-refractivity contribution in [3.63, 3.8) is 0 Å². The van der Waals surface area contributed by atoms with E-state index in [4.69, 9.17) is 5.11 Å². The molecule has 2 N–H and O–H groups in total. The fourth-order valence-electron chi connectivity index (χ4n) is 1.93. The minimum Gasteiger partial charge on any atom is -0.478 e. The average Bonchev–Trinajstić information content (AvgIpc) is 2.89. The molecule has 100 valence electrons. The molecule has 0 fully saturated rings. The van der Waals surface area contributed by atoms with Crippen LogP contribution in [0.1, 0.15) is 10.4 Å². The number of hydrogen-bond acceptors (Lipinski definition) is 4. The zero-order chi connectivity index (χ0) is 13.9. The average molecular weight is 268 g/mol. The van der Waals surface area contributed by atoms with E-state index in [1.165, 1.54) is 0 Å². The van der Waals surface area contributed by atoms with Gasteiger partial charge in [-0.1, -0.05) is 17.3 Å². The topological polar surface area (TPSA) is 80.0 Å². The van der Waals surface area contributed by atoms with Crippen LogP contribution in [-0.4, -0.2) is 26.1 Å². The van der Waals surface area contributed by atoms with Gasteiger partial charge in [-0.15, -0.1) is 5.10 Å². The third-order valence-electron chi connectivity index (χ3n) is 2.99. The summed E-state index contributed by atoms with van der Waals surface area (Å²) < 4.78 is 1.75. The van der Waals surface area contributed by atoms with Gasteiger partial charge in [0.05, 0.1) is 11.1 Å². The Morgan fingerprint density at radius 1 is 1.15 bits per heavy atom. The summed E-state index contributed by atoms with van der Waals surface area (Å²) in [6, 6.07) is 14.3. The van der Waals surface area contributed by atoms with E-state index in [9.17, 15) is 4.79 Å². The lowest BCUT2D eigenvalue weighted by Crippen LogP contribution is -2.09. The molecule has 3 rings (SSSR count). The molecule has 1 heterocycles. The lowest BCUT2D eigenvalue weighted by atomic mass is 10.2. The van der Waals surface area contributed by atoms with Crippen molar-refractivity contribution in [1.82, 2.24) is 15.0 Å². The van der Waals surface area contributed by atoms with Crippen molar-refractivity contribution < 1.29 is 9.90 Å². The number of aromatic nitrogens is 3. The van der Waals surface area contributed by atoms with Crippen molar-refractivity contribution in [1.29, 1.82) is 0 Å². The van der Waals surface area contributed by atoms with Gasteiger partial charge >= 0.3 is 5.97 Å². The van der Waals surface area contributed by atoms with Crippen LogP contribution in [0.4, 0.5) is 5.69 Å². The van der Waals surface area contributed by atoms with E-state index >= 15 is 0 Å². The Balaban J connectivity index is 1.74. The highest BCUT2D eigenvalue weighted by atomic mass is 16.4. The second kappa shape index (κ2) is 5.00. The Hall–Kier alpha value is -2.89. The lowest BCUT2D eigenvalue weighted by Gasteiger charge is -2.07. The van der Waals surface area contributed by atoms with E-state index in [1.807, 2.05) is 24.3 Å². The van der Waals surface area contributed by atoms with E-state index in [0.29, 0.717) is 6.67 Å². The summed E-state index contributed by atoms with van der Waals surface area (Å²) in [4.78, 5) is 10.8. The number of nitrogens with one attached hydrogen (secondary N) is 1. The molecule has 0 amide bonds. The molecule has 0 aliphatic heterocycles. The van der Waals surface area contributed by atoms with Crippen LogP contribution in [-0.2, 0) is 6.67 Å². The first-order valence-corrected chi connectivity index (χ1v) is 6.09. The molecule has 0 aliphatic rings. The van der Waals surface area contributed by atoms with Gasteiger partial charge in [0.1, 0.15) is 12.2 Å². The predicted molar refractivity (Wildman–Crippen MR) is 74.6 cm³/mol. The van der Waals surface area contributed by atoms with E-state index < -0.39 is 5.97 Å². The van der Waals surface area contributed by atoms with Crippen molar-refractivity contribution in [2.24, 2.45) is 0 Å². The summed E-state index contributed by atoms with van der Waals surface area (Å²) in [5.41, 5.74) is 2.88. The monoisotopic (exact) mass is 268 g/mol. The summed E-state index contributed by atoms with van der Waals surface area (Å²) in [6.45, 7) is 0.465. The van der Waals surface area contributed by atoms with Crippen molar-refractivity contribution in [3.8, 4) is 0 Å². The normalized spacial score (nSPS) is 10.6. The fraction of sp³-hybridized carbons (Fsp3) is 0.0714. The molecule has 0 radical (unpaired) electrons. The fourth-order valence-corrected chi connectivity index (χ4v) is 1.93. The summed E-state index contributed by atoms with van der Waals surface area (Å²) in [5.74, 6) is -0.932. The maximum atomic E-state index is 10.8. The summed E-state index contributed by atoms with van der Waals surface area (Å²) >= 11 is 0. The Morgan fingerprint density at radius 2 is 1.90 bits per heavy atom. The molecule has 0 unspecified atom stereocenters. The van der Waals surface area contributed by atoms with E-state index in [0.717, 1.165) is 16.7 Å². The number of nitrogens with zero attached hydrogens (tertiary/aromatic N) is 3. The summed E-state index contributed by atoms with van der Waals surface area (Å²) in [7, 11) is 0. The maximum Gasteiger partial charge on any atom is 0.335 e. The molecule has 1 aromatic heterocycles. The first-order valence-electron chi connectivity index (χ1n) is 6.09. The van der Waals surface area contributed by atoms with Crippen LogP contribution < -0.4 is 5.32 Å². The van der Waals surface area contributed by atoms with Crippen LogP contribution in [0, 0.1) is 0 Å². The van der Waals surface area contributed by atoms with E-state index in [1.54, 1.807) is 28.9 Å². The molecule has 0 aliphatic carbocycles. The number of carboxylic acids is 1. The van der Waals surface area contributed by atoms with Gasteiger partial charge in [0.25, 0.3) is 0 Å². The van der Waals surface area contributed by atoms with Gasteiger partial charge < -0.3 is 10.4 Å². The summed E-state index contributed by atoms with van der Waals surface area (Å²) in [6.07, 6.45) is 0. The SMILES string of the molecule is O=C(O)c1ccc(NCn2nnc3ccccc32)cc1. The van der Waals surface area contributed by atoms with Gasteiger partial charge in [-0.05, 0) is 36.4 Å². The number of aromatic carboxylic acids is 1.